The first kappa shape index (κ1) is 16.4. The molecule has 8 heteroatoms. The van der Waals surface area contributed by atoms with Gasteiger partial charge < -0.3 is 10.6 Å². The molecule has 20 heavy (non-hydrogen) atoms. The number of likely N-dealkylation sites (N-methyl/N-ethyl adjacent to an activating group) is 2. The third-order valence-electron chi connectivity index (χ3n) is 2.74. The smallest absolute Gasteiger partial charge is 0.246 e. The molecule has 1 aromatic rings. The van der Waals surface area contributed by atoms with Gasteiger partial charge in [-0.2, -0.15) is 4.31 Å². The normalized spacial score (nSPS) is 11.7. The first-order valence-electron chi connectivity index (χ1n) is 5.95. The lowest BCUT2D eigenvalue weighted by Crippen LogP contribution is -2.40. The van der Waals surface area contributed by atoms with Gasteiger partial charge in [0, 0.05) is 26.3 Å². The summed E-state index contributed by atoms with van der Waals surface area (Å²) in [5.41, 5.74) is 5.52. The zero-order valence-corrected chi connectivity index (χ0v) is 12.4. The summed E-state index contributed by atoms with van der Waals surface area (Å²) in [4.78, 5) is 12.4. The molecule has 112 valence electrons. The van der Waals surface area contributed by atoms with E-state index in [9.17, 15) is 17.6 Å². The number of amides is 1. The zero-order chi connectivity index (χ0) is 15.5. The Bertz CT molecular complexity index is 602. The molecular formula is C12H18FN3O3S. The molecule has 0 spiro atoms. The summed E-state index contributed by atoms with van der Waals surface area (Å²) in [5, 5.41) is 0. The average molecular weight is 303 g/mol. The van der Waals surface area contributed by atoms with E-state index >= 15 is 0 Å². The standard InChI is InChI=1S/C12H18FN3O3S/c1-4-16(8-12(17)15(2)3)20(18,19)11-6-5-9(14)7-10(11)13/h5-7H,4,8,14H2,1-3H3. The van der Waals surface area contributed by atoms with E-state index in [1.165, 1.54) is 25.1 Å². The van der Waals surface area contributed by atoms with Crippen molar-refractivity contribution in [2.75, 3.05) is 32.9 Å². The van der Waals surface area contributed by atoms with Crippen molar-refractivity contribution in [1.82, 2.24) is 9.21 Å². The number of hydrogen-bond donors (Lipinski definition) is 1. The minimum absolute atomic E-state index is 0.0612. The van der Waals surface area contributed by atoms with Gasteiger partial charge in [-0.3, -0.25) is 4.79 Å². The van der Waals surface area contributed by atoms with Gasteiger partial charge in [-0.25, -0.2) is 12.8 Å². The van der Waals surface area contributed by atoms with E-state index in [1.54, 1.807) is 6.92 Å². The second-order valence-electron chi connectivity index (χ2n) is 4.41. The maximum Gasteiger partial charge on any atom is 0.246 e. The maximum absolute atomic E-state index is 13.8. The van der Waals surface area contributed by atoms with E-state index in [1.807, 2.05) is 0 Å². The topological polar surface area (TPSA) is 83.7 Å². The van der Waals surface area contributed by atoms with E-state index < -0.39 is 20.7 Å². The number of benzene rings is 1. The predicted octanol–water partition coefficient (Wildman–Crippen LogP) is 0.507. The molecule has 1 amide bonds. The highest BCUT2D eigenvalue weighted by Gasteiger charge is 2.28. The second-order valence-corrected chi connectivity index (χ2v) is 6.32. The number of hydrogen-bond acceptors (Lipinski definition) is 4. The number of sulfonamides is 1. The number of nitrogens with zero attached hydrogens (tertiary/aromatic N) is 2. The molecule has 0 bridgehead atoms. The van der Waals surface area contributed by atoms with Crippen LogP contribution in [0.4, 0.5) is 10.1 Å². The van der Waals surface area contributed by atoms with Crippen LogP contribution in [0.2, 0.25) is 0 Å². The molecule has 2 N–H and O–H groups in total. The number of carbonyl (C=O) groups excluding carboxylic acids is 1. The highest BCUT2D eigenvalue weighted by atomic mass is 32.2. The van der Waals surface area contributed by atoms with Gasteiger partial charge in [-0.05, 0) is 18.2 Å². The largest absolute Gasteiger partial charge is 0.399 e. The molecule has 0 fully saturated rings. The summed E-state index contributed by atoms with van der Waals surface area (Å²) in [6.07, 6.45) is 0. The highest BCUT2D eigenvalue weighted by Crippen LogP contribution is 2.21. The number of rotatable bonds is 5. The second kappa shape index (κ2) is 6.19. The molecule has 0 aromatic heterocycles. The average Bonchev–Trinajstić information content (AvgIpc) is 2.34. The number of nitrogens with two attached hydrogens (primary N) is 1. The van der Waals surface area contributed by atoms with Gasteiger partial charge in [0.2, 0.25) is 15.9 Å². The fourth-order valence-corrected chi connectivity index (χ4v) is 2.97. The van der Waals surface area contributed by atoms with Crippen LogP contribution in [0, 0.1) is 5.82 Å². The van der Waals surface area contributed by atoms with E-state index in [0.29, 0.717) is 0 Å². The summed E-state index contributed by atoms with van der Waals surface area (Å²) in [6.45, 7) is 1.30. The Morgan fingerprint density at radius 3 is 2.40 bits per heavy atom. The van der Waals surface area contributed by atoms with Crippen molar-refractivity contribution in [2.45, 2.75) is 11.8 Å². The minimum atomic E-state index is -4.07. The van der Waals surface area contributed by atoms with Gasteiger partial charge in [0.1, 0.15) is 10.7 Å². The first-order chi connectivity index (χ1) is 9.20. The monoisotopic (exact) mass is 303 g/mol. The van der Waals surface area contributed by atoms with Gasteiger partial charge in [0.15, 0.2) is 0 Å². The summed E-state index contributed by atoms with van der Waals surface area (Å²) in [5.74, 6) is -1.31. The van der Waals surface area contributed by atoms with Gasteiger partial charge in [0.25, 0.3) is 0 Å². The zero-order valence-electron chi connectivity index (χ0n) is 11.6. The van der Waals surface area contributed by atoms with Crippen LogP contribution in [0.1, 0.15) is 6.92 Å². The van der Waals surface area contributed by atoms with Crippen LogP contribution in [-0.2, 0) is 14.8 Å². The van der Waals surface area contributed by atoms with Crippen LogP contribution in [0.5, 0.6) is 0 Å². The molecule has 0 unspecified atom stereocenters. The molecule has 0 aliphatic carbocycles. The van der Waals surface area contributed by atoms with Crippen molar-refractivity contribution in [3.05, 3.63) is 24.0 Å². The van der Waals surface area contributed by atoms with Gasteiger partial charge >= 0.3 is 0 Å². The van der Waals surface area contributed by atoms with E-state index in [4.69, 9.17) is 5.73 Å². The molecule has 0 saturated heterocycles. The van der Waals surface area contributed by atoms with E-state index in [0.717, 1.165) is 16.4 Å². The van der Waals surface area contributed by atoms with Crippen molar-refractivity contribution < 1.29 is 17.6 Å². The highest BCUT2D eigenvalue weighted by molar-refractivity contribution is 7.89. The number of anilines is 1. The van der Waals surface area contributed by atoms with Crippen molar-refractivity contribution in [1.29, 1.82) is 0 Å². The molecule has 1 aromatic carbocycles. The van der Waals surface area contributed by atoms with Gasteiger partial charge in [-0.1, -0.05) is 6.92 Å². The lowest BCUT2D eigenvalue weighted by Gasteiger charge is -2.22. The lowest BCUT2D eigenvalue weighted by molar-refractivity contribution is -0.128. The molecule has 0 radical (unpaired) electrons. The summed E-state index contributed by atoms with van der Waals surface area (Å²) in [6, 6.07) is 3.34. The van der Waals surface area contributed by atoms with Crippen molar-refractivity contribution >= 4 is 21.6 Å². The molecule has 0 saturated carbocycles. The fraction of sp³-hybridized carbons (Fsp3) is 0.417. The van der Waals surface area contributed by atoms with Crippen LogP contribution in [-0.4, -0.2) is 50.7 Å². The molecule has 0 atom stereocenters. The Morgan fingerprint density at radius 2 is 1.95 bits per heavy atom. The molecule has 6 nitrogen and oxygen atoms in total. The molecule has 1 rings (SSSR count). The van der Waals surface area contributed by atoms with Crippen LogP contribution in [0.25, 0.3) is 0 Å². The van der Waals surface area contributed by atoms with Crippen molar-refractivity contribution in [2.24, 2.45) is 0 Å². The molecular weight excluding hydrogens is 285 g/mol. The Balaban J connectivity index is 3.15. The third-order valence-corrected chi connectivity index (χ3v) is 4.69. The van der Waals surface area contributed by atoms with E-state index in [-0.39, 0.29) is 24.7 Å². The van der Waals surface area contributed by atoms with Crippen LogP contribution in [0.15, 0.2) is 23.1 Å². The molecule has 0 aliphatic rings. The van der Waals surface area contributed by atoms with Crippen LogP contribution < -0.4 is 5.73 Å². The van der Waals surface area contributed by atoms with Crippen molar-refractivity contribution in [3.8, 4) is 0 Å². The third kappa shape index (κ3) is 3.45. The van der Waals surface area contributed by atoms with Crippen LogP contribution in [0.3, 0.4) is 0 Å². The first-order valence-corrected chi connectivity index (χ1v) is 7.39. The van der Waals surface area contributed by atoms with Crippen molar-refractivity contribution in [3.63, 3.8) is 0 Å². The van der Waals surface area contributed by atoms with Crippen LogP contribution >= 0.6 is 0 Å². The summed E-state index contributed by atoms with van der Waals surface area (Å²) in [7, 11) is -1.03. The predicted molar refractivity (Wildman–Crippen MR) is 73.9 cm³/mol. The Morgan fingerprint density at radius 1 is 1.35 bits per heavy atom. The minimum Gasteiger partial charge on any atom is -0.399 e. The summed E-state index contributed by atoms with van der Waals surface area (Å²) < 4.78 is 39.3. The number of nitrogen functional groups attached to an aromatic ring is 1. The van der Waals surface area contributed by atoms with Gasteiger partial charge in [0.05, 0.1) is 6.54 Å². The molecule has 0 aliphatic heterocycles. The molecule has 0 heterocycles. The van der Waals surface area contributed by atoms with E-state index in [2.05, 4.69) is 0 Å². The Labute approximate surface area is 118 Å². The number of halogens is 1. The maximum atomic E-state index is 13.8. The Hall–Kier alpha value is -1.67. The summed E-state index contributed by atoms with van der Waals surface area (Å²) >= 11 is 0. The van der Waals surface area contributed by atoms with Gasteiger partial charge in [-0.15, -0.1) is 0 Å². The fourth-order valence-electron chi connectivity index (χ4n) is 1.52. The lowest BCUT2D eigenvalue weighted by atomic mass is 10.3. The SMILES string of the molecule is CCN(CC(=O)N(C)C)S(=O)(=O)c1ccc(N)cc1F. The quantitative estimate of drug-likeness (QED) is 0.803. The Kier molecular flexibility index (Phi) is 5.07. The number of carbonyl (C=O) groups is 1.